The van der Waals surface area contributed by atoms with E-state index in [-0.39, 0.29) is 0 Å². The fraction of sp³-hybridized carbons (Fsp3) is 0.214. The molecule has 0 radical (unpaired) electrons. The van der Waals surface area contributed by atoms with Crippen LogP contribution in [0.4, 0.5) is 0 Å². The van der Waals surface area contributed by atoms with E-state index in [1.807, 2.05) is 0 Å². The smallest absolute Gasteiger partial charge is 0.148 e. The molecule has 3 rings (SSSR count). The Hall–Kier alpha value is -1.13. The lowest BCUT2D eigenvalue weighted by Crippen LogP contribution is -2.32. The maximum atomic E-state index is 4.59. The van der Waals surface area contributed by atoms with E-state index in [1.54, 1.807) is 23.7 Å². The molecule has 0 aromatic heterocycles. The molecule has 1 aromatic rings. The average molecular weight is 274 g/mol. The Morgan fingerprint density at radius 3 is 2.89 bits per heavy atom. The Morgan fingerprint density at radius 1 is 1.28 bits per heavy atom. The van der Waals surface area contributed by atoms with Gasteiger partial charge in [0.25, 0.3) is 0 Å². The highest BCUT2D eigenvalue weighted by atomic mass is 32.2. The molecule has 2 nitrogen and oxygen atoms in total. The normalized spacial score (nSPS) is 18.2. The molecule has 0 saturated carbocycles. The van der Waals surface area contributed by atoms with Crippen molar-refractivity contribution >= 4 is 35.1 Å². The predicted octanol–water partition coefficient (Wildman–Crippen LogP) is 3.68. The van der Waals surface area contributed by atoms with E-state index in [2.05, 4.69) is 58.2 Å². The number of thioether (sulfide) groups is 1. The molecule has 0 N–H and O–H groups in total. The minimum atomic E-state index is 1.04. The second-order valence-corrected chi connectivity index (χ2v) is 5.82. The molecule has 1 aromatic carbocycles. The molecule has 4 heteroatoms. The monoisotopic (exact) mass is 274 g/mol. The van der Waals surface area contributed by atoms with E-state index in [0.29, 0.717) is 0 Å². The van der Waals surface area contributed by atoms with Crippen molar-refractivity contribution in [3.05, 3.63) is 48.2 Å². The number of amidine groups is 1. The van der Waals surface area contributed by atoms with Gasteiger partial charge in [-0.3, -0.25) is 0 Å². The zero-order valence-electron chi connectivity index (χ0n) is 10.2. The van der Waals surface area contributed by atoms with Crippen LogP contribution >= 0.6 is 23.7 Å². The van der Waals surface area contributed by atoms with Crippen LogP contribution in [0.5, 0.6) is 0 Å². The standard InChI is InChI=1S/C14H14N2S2/c1-17-12-6-4-11(5-7-12)13-3-2-8-16-9-10-18-15-14(13)16/h2-8H,9-10H2,1H3. The Labute approximate surface area is 116 Å². The number of rotatable bonds is 2. The summed E-state index contributed by atoms with van der Waals surface area (Å²) in [4.78, 5) is 3.52. The van der Waals surface area contributed by atoms with Crippen molar-refractivity contribution < 1.29 is 0 Å². The van der Waals surface area contributed by atoms with Crippen LogP contribution < -0.4 is 0 Å². The van der Waals surface area contributed by atoms with E-state index >= 15 is 0 Å². The molecule has 0 atom stereocenters. The van der Waals surface area contributed by atoms with Gasteiger partial charge in [0.05, 0.1) is 0 Å². The summed E-state index contributed by atoms with van der Waals surface area (Å²) >= 11 is 3.42. The summed E-state index contributed by atoms with van der Waals surface area (Å²) in [7, 11) is 0. The third kappa shape index (κ3) is 2.22. The maximum absolute atomic E-state index is 4.59. The second kappa shape index (κ2) is 5.24. The number of fused-ring (bicyclic) bond motifs is 1. The summed E-state index contributed by atoms with van der Waals surface area (Å²) in [5.41, 5.74) is 2.46. The SMILES string of the molecule is CSc1ccc(C2=CC=CN3CCSN=C23)cc1. The summed E-state index contributed by atoms with van der Waals surface area (Å²) in [5.74, 6) is 2.15. The number of benzene rings is 1. The highest BCUT2D eigenvalue weighted by Crippen LogP contribution is 2.28. The zero-order chi connectivity index (χ0) is 12.4. The van der Waals surface area contributed by atoms with Crippen LogP contribution in [-0.2, 0) is 0 Å². The van der Waals surface area contributed by atoms with Crippen molar-refractivity contribution in [2.45, 2.75) is 4.90 Å². The van der Waals surface area contributed by atoms with Crippen LogP contribution in [-0.4, -0.2) is 29.3 Å². The van der Waals surface area contributed by atoms with Gasteiger partial charge in [0.2, 0.25) is 0 Å². The largest absolute Gasteiger partial charge is 0.331 e. The van der Waals surface area contributed by atoms with Crippen molar-refractivity contribution in [1.82, 2.24) is 4.90 Å². The molecule has 0 spiro atoms. The van der Waals surface area contributed by atoms with Crippen LogP contribution in [0.15, 0.2) is 51.9 Å². The topological polar surface area (TPSA) is 15.6 Å². The highest BCUT2D eigenvalue weighted by Gasteiger charge is 2.20. The van der Waals surface area contributed by atoms with Crippen LogP contribution in [0.3, 0.4) is 0 Å². The van der Waals surface area contributed by atoms with Crippen molar-refractivity contribution in [1.29, 1.82) is 0 Å². The molecule has 0 unspecified atom stereocenters. The summed E-state index contributed by atoms with van der Waals surface area (Å²) in [6.45, 7) is 1.04. The second-order valence-electron chi connectivity index (χ2n) is 4.09. The molecule has 2 aliphatic rings. The van der Waals surface area contributed by atoms with E-state index in [9.17, 15) is 0 Å². The molecule has 0 saturated heterocycles. The first-order chi connectivity index (χ1) is 8.88. The molecule has 0 fully saturated rings. The van der Waals surface area contributed by atoms with E-state index in [1.165, 1.54) is 16.0 Å². The lowest BCUT2D eigenvalue weighted by Gasteiger charge is -2.29. The lowest BCUT2D eigenvalue weighted by atomic mass is 10.0. The van der Waals surface area contributed by atoms with E-state index in [0.717, 1.165) is 18.1 Å². The Kier molecular flexibility index (Phi) is 3.48. The lowest BCUT2D eigenvalue weighted by molar-refractivity contribution is 0.594. The molecule has 0 aliphatic carbocycles. The molecule has 92 valence electrons. The predicted molar refractivity (Wildman–Crippen MR) is 81.9 cm³/mol. The molecular weight excluding hydrogens is 260 g/mol. The first-order valence-corrected chi connectivity index (χ1v) is 8.05. The third-order valence-electron chi connectivity index (χ3n) is 3.02. The van der Waals surface area contributed by atoms with Crippen LogP contribution in [0.2, 0.25) is 0 Å². The van der Waals surface area contributed by atoms with Crippen molar-refractivity contribution in [2.75, 3.05) is 18.6 Å². The maximum Gasteiger partial charge on any atom is 0.148 e. The van der Waals surface area contributed by atoms with Gasteiger partial charge in [-0.05, 0) is 48.1 Å². The third-order valence-corrected chi connectivity index (χ3v) is 4.43. The van der Waals surface area contributed by atoms with E-state index < -0.39 is 0 Å². The number of nitrogens with zero attached hydrogens (tertiary/aromatic N) is 2. The molecule has 18 heavy (non-hydrogen) atoms. The van der Waals surface area contributed by atoms with Gasteiger partial charge in [-0.1, -0.05) is 12.1 Å². The van der Waals surface area contributed by atoms with Gasteiger partial charge in [0, 0.05) is 29.0 Å². The average Bonchev–Trinajstić information content (AvgIpc) is 2.47. The van der Waals surface area contributed by atoms with Gasteiger partial charge in [-0.15, -0.1) is 11.8 Å². The van der Waals surface area contributed by atoms with Crippen LogP contribution in [0.1, 0.15) is 5.56 Å². The zero-order valence-corrected chi connectivity index (χ0v) is 11.8. The van der Waals surface area contributed by atoms with Crippen molar-refractivity contribution in [3.8, 4) is 0 Å². The first-order valence-electron chi connectivity index (χ1n) is 5.88. The van der Waals surface area contributed by atoms with Crippen LogP contribution in [0.25, 0.3) is 5.57 Å². The summed E-state index contributed by atoms with van der Waals surface area (Å²) in [6, 6.07) is 8.69. The Morgan fingerprint density at radius 2 is 2.11 bits per heavy atom. The van der Waals surface area contributed by atoms with Crippen molar-refractivity contribution in [3.63, 3.8) is 0 Å². The Bertz CT molecular complexity index is 529. The minimum absolute atomic E-state index is 1.04. The van der Waals surface area contributed by atoms with Gasteiger partial charge in [0.15, 0.2) is 0 Å². The van der Waals surface area contributed by atoms with Gasteiger partial charge >= 0.3 is 0 Å². The first kappa shape index (κ1) is 11.9. The number of hydrogen-bond donors (Lipinski definition) is 0. The fourth-order valence-electron chi connectivity index (χ4n) is 2.07. The molecular formula is C14H14N2S2. The number of hydrogen-bond acceptors (Lipinski definition) is 4. The van der Waals surface area contributed by atoms with E-state index in [4.69, 9.17) is 0 Å². The van der Waals surface area contributed by atoms with Gasteiger partial charge in [-0.25, -0.2) is 0 Å². The Balaban J connectivity index is 1.96. The quantitative estimate of drug-likeness (QED) is 0.604. The molecule has 0 bridgehead atoms. The summed E-state index contributed by atoms with van der Waals surface area (Å²) < 4.78 is 4.59. The minimum Gasteiger partial charge on any atom is -0.331 e. The van der Waals surface area contributed by atoms with Gasteiger partial charge < -0.3 is 4.90 Å². The molecule has 0 amide bonds. The fourth-order valence-corrected chi connectivity index (χ4v) is 3.17. The molecule has 2 heterocycles. The van der Waals surface area contributed by atoms with Gasteiger partial charge in [-0.2, -0.15) is 4.40 Å². The number of allylic oxidation sites excluding steroid dienone is 2. The summed E-state index contributed by atoms with van der Waals surface area (Å²) in [6.07, 6.45) is 8.46. The van der Waals surface area contributed by atoms with Crippen molar-refractivity contribution in [2.24, 2.45) is 4.40 Å². The molecule has 2 aliphatic heterocycles. The summed E-state index contributed by atoms with van der Waals surface area (Å²) in [5, 5.41) is 0. The van der Waals surface area contributed by atoms with Gasteiger partial charge in [0.1, 0.15) is 5.84 Å². The highest BCUT2D eigenvalue weighted by molar-refractivity contribution is 7.98. The van der Waals surface area contributed by atoms with Crippen LogP contribution in [0, 0.1) is 0 Å².